The first-order chi connectivity index (χ1) is 9.24. The van der Waals surface area contributed by atoms with Gasteiger partial charge in [-0.05, 0) is 13.8 Å². The lowest BCUT2D eigenvalue weighted by atomic mass is 10.4. The highest BCUT2D eigenvalue weighted by molar-refractivity contribution is 4.98. The summed E-state index contributed by atoms with van der Waals surface area (Å²) in [6.07, 6.45) is 5.03. The van der Waals surface area contributed by atoms with E-state index in [1.807, 2.05) is 37.9 Å². The maximum Gasteiger partial charge on any atom is 0.204 e. The van der Waals surface area contributed by atoms with Crippen molar-refractivity contribution in [1.82, 2.24) is 24.5 Å². The number of aryl methyl sites for hydroxylation is 1. The van der Waals surface area contributed by atoms with E-state index in [-0.39, 0.29) is 0 Å². The molecule has 2 aromatic rings. The van der Waals surface area contributed by atoms with Crippen LogP contribution in [-0.2, 0) is 23.1 Å². The normalized spacial score (nSPS) is 11.4. The number of hydrogen-bond acceptors (Lipinski definition) is 5. The second-order valence-electron chi connectivity index (χ2n) is 4.04. The molecule has 0 spiro atoms. The summed E-state index contributed by atoms with van der Waals surface area (Å²) in [5.41, 5.74) is 0.679. The molecule has 0 amide bonds. The molecule has 0 aromatic carbocycles. The molecule has 2 heterocycles. The van der Waals surface area contributed by atoms with Crippen LogP contribution < -0.4 is 0 Å². The number of aromatic nitrogens is 5. The van der Waals surface area contributed by atoms with Crippen molar-refractivity contribution in [2.75, 3.05) is 13.2 Å². The summed E-state index contributed by atoms with van der Waals surface area (Å²) >= 11 is 0. The average Bonchev–Trinajstić information content (AvgIpc) is 3.00. The van der Waals surface area contributed by atoms with E-state index < -0.39 is 6.29 Å². The lowest BCUT2D eigenvalue weighted by Crippen LogP contribution is -2.09. The van der Waals surface area contributed by atoms with Gasteiger partial charge in [-0.25, -0.2) is 9.67 Å². The van der Waals surface area contributed by atoms with E-state index in [1.54, 1.807) is 10.9 Å². The number of hydrogen-bond donors (Lipinski definition) is 0. The Bertz CT molecular complexity index is 502. The van der Waals surface area contributed by atoms with Gasteiger partial charge < -0.3 is 14.0 Å². The zero-order chi connectivity index (χ0) is 13.7. The third-order valence-corrected chi connectivity index (χ3v) is 2.66. The SMILES string of the molecule is CCOC(OCC)c1cn(Cc2nccn2C)nn1. The molecule has 7 nitrogen and oxygen atoms in total. The van der Waals surface area contributed by atoms with Crippen molar-refractivity contribution in [1.29, 1.82) is 0 Å². The zero-order valence-electron chi connectivity index (χ0n) is 11.5. The predicted octanol–water partition coefficient (Wildman–Crippen LogP) is 1.13. The number of ether oxygens (including phenoxy) is 2. The Labute approximate surface area is 112 Å². The smallest absolute Gasteiger partial charge is 0.204 e. The Balaban J connectivity index is 2.07. The van der Waals surface area contributed by atoms with E-state index in [0.717, 1.165) is 5.82 Å². The van der Waals surface area contributed by atoms with Gasteiger partial charge in [0.15, 0.2) is 0 Å². The lowest BCUT2D eigenvalue weighted by molar-refractivity contribution is -0.142. The highest BCUT2D eigenvalue weighted by atomic mass is 16.7. The minimum atomic E-state index is -0.454. The van der Waals surface area contributed by atoms with E-state index >= 15 is 0 Å². The topological polar surface area (TPSA) is 67.0 Å². The van der Waals surface area contributed by atoms with Crippen LogP contribution in [0.4, 0.5) is 0 Å². The molecule has 0 bridgehead atoms. The molecule has 2 rings (SSSR count). The van der Waals surface area contributed by atoms with Crippen molar-refractivity contribution in [2.45, 2.75) is 26.7 Å². The summed E-state index contributed by atoms with van der Waals surface area (Å²) in [6, 6.07) is 0. The van der Waals surface area contributed by atoms with Crippen LogP contribution in [0.25, 0.3) is 0 Å². The number of imidazole rings is 1. The molecule has 0 aliphatic heterocycles. The van der Waals surface area contributed by atoms with E-state index in [0.29, 0.717) is 25.5 Å². The summed E-state index contributed by atoms with van der Waals surface area (Å²) in [4.78, 5) is 4.25. The zero-order valence-corrected chi connectivity index (χ0v) is 11.5. The average molecular weight is 265 g/mol. The highest BCUT2D eigenvalue weighted by Crippen LogP contribution is 2.16. The third kappa shape index (κ3) is 3.39. The largest absolute Gasteiger partial charge is 0.347 e. The molecular formula is C12H19N5O2. The van der Waals surface area contributed by atoms with Gasteiger partial charge in [0, 0.05) is 32.7 Å². The third-order valence-electron chi connectivity index (χ3n) is 2.66. The van der Waals surface area contributed by atoms with Crippen LogP contribution in [0.1, 0.15) is 31.7 Å². The first-order valence-electron chi connectivity index (χ1n) is 6.34. The van der Waals surface area contributed by atoms with Crippen molar-refractivity contribution in [3.05, 3.63) is 30.1 Å². The first-order valence-corrected chi connectivity index (χ1v) is 6.34. The molecule has 0 aliphatic carbocycles. The lowest BCUT2D eigenvalue weighted by Gasteiger charge is -2.13. The minimum absolute atomic E-state index is 0.454. The van der Waals surface area contributed by atoms with Crippen LogP contribution in [0.2, 0.25) is 0 Å². The minimum Gasteiger partial charge on any atom is -0.347 e. The van der Waals surface area contributed by atoms with E-state index in [9.17, 15) is 0 Å². The molecule has 7 heteroatoms. The van der Waals surface area contributed by atoms with Gasteiger partial charge in [-0.3, -0.25) is 0 Å². The molecule has 0 radical (unpaired) electrons. The Kier molecular flexibility index (Phi) is 4.64. The van der Waals surface area contributed by atoms with Gasteiger partial charge >= 0.3 is 0 Å². The summed E-state index contributed by atoms with van der Waals surface area (Å²) in [5, 5.41) is 8.16. The molecule has 0 saturated heterocycles. The fourth-order valence-corrected chi connectivity index (χ4v) is 1.71. The maximum absolute atomic E-state index is 5.48. The van der Waals surface area contributed by atoms with Crippen molar-refractivity contribution in [3.63, 3.8) is 0 Å². The number of nitrogens with zero attached hydrogens (tertiary/aromatic N) is 5. The standard InChI is InChI=1S/C12H19N5O2/c1-4-18-12(19-5-2)10-8-17(15-14-10)9-11-13-6-7-16(11)3/h6-8,12H,4-5,9H2,1-3H3. The fraction of sp³-hybridized carbons (Fsp3) is 0.583. The molecule has 0 aliphatic rings. The molecular weight excluding hydrogens is 246 g/mol. The molecule has 0 unspecified atom stereocenters. The van der Waals surface area contributed by atoms with Crippen molar-refractivity contribution < 1.29 is 9.47 Å². The molecule has 0 atom stereocenters. The molecule has 0 saturated carbocycles. The Hall–Kier alpha value is -1.73. The van der Waals surface area contributed by atoms with Gasteiger partial charge in [-0.15, -0.1) is 5.10 Å². The van der Waals surface area contributed by atoms with Crippen LogP contribution in [0.3, 0.4) is 0 Å². The predicted molar refractivity (Wildman–Crippen MR) is 68.3 cm³/mol. The number of rotatable bonds is 7. The summed E-state index contributed by atoms with van der Waals surface area (Å²) in [5.74, 6) is 0.917. The van der Waals surface area contributed by atoms with Gasteiger partial charge in [-0.2, -0.15) is 0 Å². The van der Waals surface area contributed by atoms with Crippen LogP contribution in [0, 0.1) is 0 Å². The summed E-state index contributed by atoms with van der Waals surface area (Å²) in [7, 11) is 1.95. The maximum atomic E-state index is 5.48. The van der Waals surface area contributed by atoms with Crippen LogP contribution in [-0.4, -0.2) is 37.8 Å². The molecule has 0 fully saturated rings. The highest BCUT2D eigenvalue weighted by Gasteiger charge is 2.16. The van der Waals surface area contributed by atoms with Crippen LogP contribution >= 0.6 is 0 Å². The van der Waals surface area contributed by atoms with Crippen LogP contribution in [0.5, 0.6) is 0 Å². The van der Waals surface area contributed by atoms with E-state index in [4.69, 9.17) is 9.47 Å². The quantitative estimate of drug-likeness (QED) is 0.702. The Morgan fingerprint density at radius 3 is 2.58 bits per heavy atom. The Morgan fingerprint density at radius 2 is 2.00 bits per heavy atom. The van der Waals surface area contributed by atoms with Crippen molar-refractivity contribution >= 4 is 0 Å². The second-order valence-corrected chi connectivity index (χ2v) is 4.04. The van der Waals surface area contributed by atoms with Gasteiger partial charge in [-0.1, -0.05) is 5.21 Å². The van der Waals surface area contributed by atoms with Gasteiger partial charge in [0.25, 0.3) is 0 Å². The van der Waals surface area contributed by atoms with Crippen LogP contribution in [0.15, 0.2) is 18.6 Å². The molecule has 0 N–H and O–H groups in total. The fourth-order valence-electron chi connectivity index (χ4n) is 1.71. The van der Waals surface area contributed by atoms with Crippen molar-refractivity contribution in [3.8, 4) is 0 Å². The monoisotopic (exact) mass is 265 g/mol. The second kappa shape index (κ2) is 6.44. The molecule has 104 valence electrons. The first kappa shape index (κ1) is 13.7. The molecule has 19 heavy (non-hydrogen) atoms. The molecule has 2 aromatic heterocycles. The van der Waals surface area contributed by atoms with Gasteiger partial charge in [0.05, 0.1) is 6.20 Å². The van der Waals surface area contributed by atoms with Gasteiger partial charge in [0.1, 0.15) is 18.1 Å². The summed E-state index contributed by atoms with van der Waals surface area (Å²) < 4.78 is 14.6. The Morgan fingerprint density at radius 1 is 1.26 bits per heavy atom. The van der Waals surface area contributed by atoms with Crippen molar-refractivity contribution in [2.24, 2.45) is 7.05 Å². The van der Waals surface area contributed by atoms with E-state index in [2.05, 4.69) is 15.3 Å². The van der Waals surface area contributed by atoms with Gasteiger partial charge in [0.2, 0.25) is 6.29 Å². The summed E-state index contributed by atoms with van der Waals surface area (Å²) in [6.45, 7) is 5.55. The van der Waals surface area contributed by atoms with E-state index in [1.165, 1.54) is 0 Å².